The minimum absolute atomic E-state index is 0.0662. The van der Waals surface area contributed by atoms with E-state index in [4.69, 9.17) is 11.6 Å². The van der Waals surface area contributed by atoms with E-state index in [1.54, 1.807) is 0 Å². The summed E-state index contributed by atoms with van der Waals surface area (Å²) in [6.45, 7) is 4.46. The fourth-order valence-corrected chi connectivity index (χ4v) is 6.79. The van der Waals surface area contributed by atoms with E-state index >= 15 is 0 Å². The summed E-state index contributed by atoms with van der Waals surface area (Å²) in [7, 11) is 0. The molecule has 0 heterocycles. The van der Waals surface area contributed by atoms with Gasteiger partial charge < -0.3 is 10.2 Å². The van der Waals surface area contributed by atoms with Gasteiger partial charge in [0, 0.05) is 16.9 Å². The van der Waals surface area contributed by atoms with E-state index in [9.17, 15) is 15.0 Å². The van der Waals surface area contributed by atoms with E-state index in [1.807, 2.05) is 6.08 Å². The fraction of sp³-hybridized carbons (Fsp3) is 0.750. The summed E-state index contributed by atoms with van der Waals surface area (Å²) < 4.78 is 0. The van der Waals surface area contributed by atoms with Crippen LogP contribution >= 0.6 is 11.6 Å². The number of rotatable bonds is 0. The Labute approximate surface area is 148 Å². The van der Waals surface area contributed by atoms with Gasteiger partial charge in [-0.1, -0.05) is 31.5 Å². The number of aliphatic hydroxyl groups excluding tert-OH is 2. The van der Waals surface area contributed by atoms with Gasteiger partial charge in [-0.2, -0.15) is 0 Å². The molecule has 4 rings (SSSR count). The van der Waals surface area contributed by atoms with Gasteiger partial charge in [0.2, 0.25) is 0 Å². The molecule has 2 saturated carbocycles. The molecule has 4 aliphatic rings. The number of hydrogen-bond donors (Lipinski definition) is 2. The molecule has 0 unspecified atom stereocenters. The Bertz CT molecular complexity index is 637. The van der Waals surface area contributed by atoms with Crippen molar-refractivity contribution in [3.8, 4) is 0 Å². The second kappa shape index (κ2) is 5.60. The predicted octanol–water partition coefficient (Wildman–Crippen LogP) is 4.35. The Hall–Kier alpha value is -0.800. The molecule has 0 bridgehead atoms. The molecule has 7 atom stereocenters. The third-order valence-corrected chi connectivity index (χ3v) is 8.05. The van der Waals surface area contributed by atoms with Crippen LogP contribution in [-0.2, 0) is 4.79 Å². The van der Waals surface area contributed by atoms with Crippen LogP contribution in [0, 0.1) is 35.0 Å². The van der Waals surface area contributed by atoms with Crippen molar-refractivity contribution < 1.29 is 15.0 Å². The van der Waals surface area contributed by atoms with Gasteiger partial charge >= 0.3 is 0 Å². The van der Waals surface area contributed by atoms with Gasteiger partial charge in [0.05, 0.1) is 6.10 Å². The lowest BCUT2D eigenvalue weighted by Gasteiger charge is -2.59. The molecule has 132 valence electrons. The number of aliphatic hydroxyl groups is 2. The summed E-state index contributed by atoms with van der Waals surface area (Å²) in [6.07, 6.45) is 6.61. The zero-order chi connectivity index (χ0) is 17.2. The van der Waals surface area contributed by atoms with Crippen LogP contribution in [0.1, 0.15) is 52.4 Å². The quantitative estimate of drug-likeness (QED) is 0.682. The van der Waals surface area contributed by atoms with Crippen LogP contribution in [0.3, 0.4) is 0 Å². The first-order valence-electron chi connectivity index (χ1n) is 9.33. The first-order chi connectivity index (χ1) is 11.3. The Kier molecular flexibility index (Phi) is 3.89. The highest BCUT2D eigenvalue weighted by atomic mass is 35.5. The second-order valence-corrected chi connectivity index (χ2v) is 9.18. The lowest BCUT2D eigenvalue weighted by atomic mass is 9.46. The number of carbonyl (C=O) groups is 1. The maximum Gasteiger partial charge on any atom is 0.197 e. The van der Waals surface area contributed by atoms with Gasteiger partial charge in [0.25, 0.3) is 0 Å². The number of Topliss-reactive ketones (excluding diaryl/α,β-unsaturated/α-hetero) is 1. The number of allylic oxidation sites excluding steroid dienone is 3. The molecule has 0 aromatic carbocycles. The molecule has 2 N–H and O–H groups in total. The van der Waals surface area contributed by atoms with E-state index in [1.165, 1.54) is 0 Å². The van der Waals surface area contributed by atoms with Crippen LogP contribution in [0.4, 0.5) is 0 Å². The topological polar surface area (TPSA) is 57.5 Å². The van der Waals surface area contributed by atoms with Crippen LogP contribution in [0.5, 0.6) is 0 Å². The van der Waals surface area contributed by atoms with Crippen LogP contribution < -0.4 is 0 Å². The zero-order valence-corrected chi connectivity index (χ0v) is 15.2. The van der Waals surface area contributed by atoms with E-state index in [2.05, 4.69) is 13.8 Å². The molecule has 0 spiro atoms. The first-order valence-corrected chi connectivity index (χ1v) is 9.71. The van der Waals surface area contributed by atoms with Gasteiger partial charge in [0.15, 0.2) is 11.5 Å². The van der Waals surface area contributed by atoms with Crippen molar-refractivity contribution in [2.75, 3.05) is 0 Å². The van der Waals surface area contributed by atoms with Crippen LogP contribution in [-0.4, -0.2) is 22.1 Å². The van der Waals surface area contributed by atoms with Gasteiger partial charge in [0.1, 0.15) is 0 Å². The molecular formula is C20H27ClO3. The fourth-order valence-electron chi connectivity index (χ4n) is 6.45. The molecule has 0 aliphatic heterocycles. The molecule has 4 aliphatic carbocycles. The normalized spacial score (nSPS) is 48.3. The third kappa shape index (κ3) is 2.17. The van der Waals surface area contributed by atoms with Crippen molar-refractivity contribution in [1.29, 1.82) is 0 Å². The predicted molar refractivity (Wildman–Crippen MR) is 93.5 cm³/mol. The molecule has 24 heavy (non-hydrogen) atoms. The zero-order valence-electron chi connectivity index (χ0n) is 14.5. The number of halogens is 1. The largest absolute Gasteiger partial charge is 0.504 e. The van der Waals surface area contributed by atoms with Crippen molar-refractivity contribution in [3.63, 3.8) is 0 Å². The van der Waals surface area contributed by atoms with E-state index < -0.39 is 6.10 Å². The summed E-state index contributed by atoms with van der Waals surface area (Å²) in [5.41, 5.74) is 0.878. The Balaban J connectivity index is 1.72. The maximum atomic E-state index is 11.9. The molecule has 0 saturated heterocycles. The van der Waals surface area contributed by atoms with Gasteiger partial charge in [-0.05, 0) is 67.3 Å². The molecule has 4 heteroatoms. The van der Waals surface area contributed by atoms with Crippen LogP contribution in [0.25, 0.3) is 0 Å². The van der Waals surface area contributed by atoms with Gasteiger partial charge in [-0.15, -0.1) is 0 Å². The lowest BCUT2D eigenvalue weighted by molar-refractivity contribution is -0.122. The lowest BCUT2D eigenvalue weighted by Crippen LogP contribution is -2.55. The number of ketones is 1. The average Bonchev–Trinajstić information content (AvgIpc) is 2.55. The van der Waals surface area contributed by atoms with Gasteiger partial charge in [-0.3, -0.25) is 4.79 Å². The minimum Gasteiger partial charge on any atom is -0.504 e. The third-order valence-electron chi connectivity index (χ3n) is 7.69. The highest BCUT2D eigenvalue weighted by Gasteiger charge is 2.57. The monoisotopic (exact) mass is 350 g/mol. The molecule has 0 aromatic rings. The highest BCUT2D eigenvalue weighted by molar-refractivity contribution is 6.30. The summed E-state index contributed by atoms with van der Waals surface area (Å²) >= 11 is 6.27. The summed E-state index contributed by atoms with van der Waals surface area (Å²) in [5, 5.41) is 21.6. The number of hydrogen-bond acceptors (Lipinski definition) is 3. The standard InChI is InChI=1S/C20H27ClO3/c1-10-9-13-11(3-6-16(22)18(13)23)12-7-8-20(2)14(17(10)12)4-5-15(21)19(20)24/h5,10-12,14,17,19,23-24H,3-4,6-9H2,1-2H3/t10-,11-,12-,14+,17-,19+,20+/m1/s1. The Morgan fingerprint density at radius 1 is 1.33 bits per heavy atom. The molecule has 2 fully saturated rings. The van der Waals surface area contributed by atoms with Crippen molar-refractivity contribution >= 4 is 17.4 Å². The van der Waals surface area contributed by atoms with Gasteiger partial charge in [-0.25, -0.2) is 0 Å². The van der Waals surface area contributed by atoms with Crippen molar-refractivity contribution in [2.24, 2.45) is 35.0 Å². The summed E-state index contributed by atoms with van der Waals surface area (Å²) in [4.78, 5) is 11.9. The number of fused-ring (bicyclic) bond motifs is 5. The molecular weight excluding hydrogens is 324 g/mol. The van der Waals surface area contributed by atoms with Crippen LogP contribution in [0.15, 0.2) is 22.4 Å². The molecule has 0 radical (unpaired) electrons. The Morgan fingerprint density at radius 2 is 2.08 bits per heavy atom. The molecule has 0 aromatic heterocycles. The van der Waals surface area contributed by atoms with Crippen molar-refractivity contribution in [3.05, 3.63) is 22.4 Å². The molecule has 0 amide bonds. The smallest absolute Gasteiger partial charge is 0.197 e. The SMILES string of the molecule is C[C@@H]1CC2=C(O)C(=O)CC[C@@H]2[C@H]2CC[C@]3(C)[C@@H](O)C(Cl)=CC[C@H]3[C@@H]21. The Morgan fingerprint density at radius 3 is 2.83 bits per heavy atom. The molecule has 3 nitrogen and oxygen atoms in total. The van der Waals surface area contributed by atoms with Crippen molar-refractivity contribution in [1.82, 2.24) is 0 Å². The first kappa shape index (κ1) is 16.7. The second-order valence-electron chi connectivity index (χ2n) is 8.74. The summed E-state index contributed by atoms with van der Waals surface area (Å²) in [6, 6.07) is 0. The van der Waals surface area contributed by atoms with E-state index in [0.29, 0.717) is 41.0 Å². The van der Waals surface area contributed by atoms with E-state index in [-0.39, 0.29) is 17.0 Å². The van der Waals surface area contributed by atoms with E-state index in [0.717, 1.165) is 37.7 Å². The van der Waals surface area contributed by atoms with Crippen molar-refractivity contribution in [2.45, 2.75) is 58.5 Å². The summed E-state index contributed by atoms with van der Waals surface area (Å²) in [5.74, 6) is 2.27. The average molecular weight is 351 g/mol. The highest BCUT2D eigenvalue weighted by Crippen LogP contribution is 2.62. The minimum atomic E-state index is -0.552. The number of carbonyl (C=O) groups excluding carboxylic acids is 1. The maximum absolute atomic E-state index is 11.9. The van der Waals surface area contributed by atoms with Crippen LogP contribution in [0.2, 0.25) is 0 Å².